The summed E-state index contributed by atoms with van der Waals surface area (Å²) in [5.74, 6) is 2.00. The van der Waals surface area contributed by atoms with Crippen molar-refractivity contribution in [2.24, 2.45) is 5.73 Å². The number of nitrogens with zero attached hydrogens (tertiary/aromatic N) is 4. The number of rotatable bonds is 3. The molecular formula is C11H15N5. The Labute approximate surface area is 94.4 Å². The Kier molecular flexibility index (Phi) is 2.96. The first kappa shape index (κ1) is 10.8. The van der Waals surface area contributed by atoms with Crippen molar-refractivity contribution in [3.63, 3.8) is 0 Å². The molecule has 0 aliphatic rings. The van der Waals surface area contributed by atoms with Crippen molar-refractivity contribution >= 4 is 0 Å². The molecule has 5 heteroatoms. The number of aromatic nitrogens is 4. The van der Waals surface area contributed by atoms with Gasteiger partial charge in [0.05, 0.1) is 6.54 Å². The lowest BCUT2D eigenvalue weighted by Crippen LogP contribution is -2.08. The van der Waals surface area contributed by atoms with E-state index in [0.717, 1.165) is 17.3 Å². The minimum atomic E-state index is 0.381. The standard InChI is InChI=1S/C11H15N5/c1-8(2)9-5-10(15-7-14-9)16-4-3-13-11(16)6-12/h3-5,7-8H,6,12H2,1-2H3. The molecule has 0 spiro atoms. The minimum Gasteiger partial charge on any atom is -0.324 e. The van der Waals surface area contributed by atoms with E-state index in [4.69, 9.17) is 5.73 Å². The Balaban J connectivity index is 2.44. The second-order valence-electron chi connectivity index (χ2n) is 3.87. The molecule has 0 unspecified atom stereocenters. The fourth-order valence-corrected chi connectivity index (χ4v) is 1.50. The van der Waals surface area contributed by atoms with Gasteiger partial charge >= 0.3 is 0 Å². The van der Waals surface area contributed by atoms with Gasteiger partial charge < -0.3 is 5.73 Å². The van der Waals surface area contributed by atoms with Gasteiger partial charge in [0.2, 0.25) is 0 Å². The third-order valence-electron chi connectivity index (χ3n) is 2.41. The smallest absolute Gasteiger partial charge is 0.141 e. The van der Waals surface area contributed by atoms with Crippen molar-refractivity contribution in [2.45, 2.75) is 26.3 Å². The van der Waals surface area contributed by atoms with Crippen LogP contribution in [-0.4, -0.2) is 19.5 Å². The molecule has 2 aromatic rings. The Bertz CT molecular complexity index is 475. The van der Waals surface area contributed by atoms with Crippen LogP contribution in [0.25, 0.3) is 5.82 Å². The van der Waals surface area contributed by atoms with Gasteiger partial charge in [-0.15, -0.1) is 0 Å². The zero-order valence-corrected chi connectivity index (χ0v) is 9.46. The largest absolute Gasteiger partial charge is 0.324 e. The van der Waals surface area contributed by atoms with Crippen molar-refractivity contribution in [3.8, 4) is 5.82 Å². The molecule has 0 radical (unpaired) electrons. The highest BCUT2D eigenvalue weighted by atomic mass is 15.1. The molecule has 0 fully saturated rings. The molecule has 0 bridgehead atoms. The Morgan fingerprint density at radius 3 is 2.81 bits per heavy atom. The number of hydrogen-bond acceptors (Lipinski definition) is 4. The van der Waals surface area contributed by atoms with Crippen molar-refractivity contribution in [3.05, 3.63) is 36.3 Å². The molecule has 16 heavy (non-hydrogen) atoms. The summed E-state index contributed by atoms with van der Waals surface area (Å²) in [4.78, 5) is 12.6. The first-order valence-corrected chi connectivity index (χ1v) is 5.27. The summed E-state index contributed by atoms with van der Waals surface area (Å²) in [6.07, 6.45) is 5.15. The Hall–Kier alpha value is -1.75. The van der Waals surface area contributed by atoms with Gasteiger partial charge in [0.15, 0.2) is 0 Å². The highest BCUT2D eigenvalue weighted by Crippen LogP contribution is 2.14. The van der Waals surface area contributed by atoms with E-state index in [2.05, 4.69) is 28.8 Å². The van der Waals surface area contributed by atoms with Crippen molar-refractivity contribution in [1.29, 1.82) is 0 Å². The zero-order chi connectivity index (χ0) is 11.5. The molecule has 2 aromatic heterocycles. The third kappa shape index (κ3) is 1.94. The first-order chi connectivity index (χ1) is 7.72. The van der Waals surface area contributed by atoms with Crippen molar-refractivity contribution in [1.82, 2.24) is 19.5 Å². The first-order valence-electron chi connectivity index (χ1n) is 5.27. The Morgan fingerprint density at radius 2 is 2.12 bits per heavy atom. The zero-order valence-electron chi connectivity index (χ0n) is 9.46. The molecule has 2 N–H and O–H groups in total. The maximum absolute atomic E-state index is 5.60. The molecule has 0 saturated carbocycles. The highest BCUT2D eigenvalue weighted by molar-refractivity contribution is 5.26. The molecular weight excluding hydrogens is 202 g/mol. The van der Waals surface area contributed by atoms with Crippen molar-refractivity contribution in [2.75, 3.05) is 0 Å². The van der Waals surface area contributed by atoms with E-state index in [0.29, 0.717) is 12.5 Å². The van der Waals surface area contributed by atoms with Crippen LogP contribution in [0.15, 0.2) is 24.8 Å². The lowest BCUT2D eigenvalue weighted by Gasteiger charge is -2.08. The highest BCUT2D eigenvalue weighted by Gasteiger charge is 2.07. The molecule has 0 saturated heterocycles. The van der Waals surface area contributed by atoms with E-state index in [1.165, 1.54) is 0 Å². The lowest BCUT2D eigenvalue weighted by molar-refractivity contribution is 0.791. The monoisotopic (exact) mass is 217 g/mol. The molecule has 2 rings (SSSR count). The van der Waals surface area contributed by atoms with Gasteiger partial charge in [-0.1, -0.05) is 13.8 Å². The minimum absolute atomic E-state index is 0.381. The van der Waals surface area contributed by atoms with E-state index < -0.39 is 0 Å². The molecule has 5 nitrogen and oxygen atoms in total. The Morgan fingerprint density at radius 1 is 1.31 bits per heavy atom. The molecule has 0 amide bonds. The second-order valence-corrected chi connectivity index (χ2v) is 3.87. The molecule has 2 heterocycles. The second kappa shape index (κ2) is 4.40. The lowest BCUT2D eigenvalue weighted by atomic mass is 10.1. The maximum atomic E-state index is 5.60. The fraction of sp³-hybridized carbons (Fsp3) is 0.364. The summed E-state index contributed by atoms with van der Waals surface area (Å²) in [5.41, 5.74) is 6.62. The maximum Gasteiger partial charge on any atom is 0.141 e. The van der Waals surface area contributed by atoms with Crippen LogP contribution in [0, 0.1) is 0 Å². The predicted octanol–water partition coefficient (Wildman–Crippen LogP) is 1.24. The SMILES string of the molecule is CC(C)c1cc(-n2ccnc2CN)ncn1. The summed E-state index contributed by atoms with van der Waals surface area (Å²) >= 11 is 0. The van der Waals surface area contributed by atoms with E-state index in [1.54, 1.807) is 12.5 Å². The van der Waals surface area contributed by atoms with Gasteiger partial charge in [-0.2, -0.15) is 0 Å². The van der Waals surface area contributed by atoms with Crippen LogP contribution < -0.4 is 5.73 Å². The molecule has 84 valence electrons. The van der Waals surface area contributed by atoms with Crippen LogP contribution >= 0.6 is 0 Å². The van der Waals surface area contributed by atoms with Crippen LogP contribution in [0.4, 0.5) is 0 Å². The fourth-order valence-electron chi connectivity index (χ4n) is 1.50. The summed E-state index contributed by atoms with van der Waals surface area (Å²) in [7, 11) is 0. The van der Waals surface area contributed by atoms with Gasteiger partial charge in [0.25, 0.3) is 0 Å². The van der Waals surface area contributed by atoms with Gasteiger partial charge in [-0.25, -0.2) is 15.0 Å². The summed E-state index contributed by atoms with van der Waals surface area (Å²) in [6.45, 7) is 4.60. The number of hydrogen-bond donors (Lipinski definition) is 1. The van der Waals surface area contributed by atoms with Crippen LogP contribution in [0.5, 0.6) is 0 Å². The van der Waals surface area contributed by atoms with E-state index in [9.17, 15) is 0 Å². The number of imidazole rings is 1. The average Bonchev–Trinajstić information content (AvgIpc) is 2.77. The van der Waals surface area contributed by atoms with Gasteiger partial charge in [-0.05, 0) is 5.92 Å². The summed E-state index contributed by atoms with van der Waals surface area (Å²) in [5, 5.41) is 0. The van der Waals surface area contributed by atoms with Gasteiger partial charge in [-0.3, -0.25) is 4.57 Å². The van der Waals surface area contributed by atoms with E-state index in [1.807, 2.05) is 16.8 Å². The van der Waals surface area contributed by atoms with Gasteiger partial charge in [0, 0.05) is 24.2 Å². The van der Waals surface area contributed by atoms with Crippen LogP contribution in [-0.2, 0) is 6.54 Å². The van der Waals surface area contributed by atoms with Crippen LogP contribution in [0.1, 0.15) is 31.3 Å². The summed E-state index contributed by atoms with van der Waals surface area (Å²) < 4.78 is 1.88. The van der Waals surface area contributed by atoms with Crippen LogP contribution in [0.2, 0.25) is 0 Å². The third-order valence-corrected chi connectivity index (χ3v) is 2.41. The molecule has 0 aliphatic heterocycles. The van der Waals surface area contributed by atoms with Crippen LogP contribution in [0.3, 0.4) is 0 Å². The van der Waals surface area contributed by atoms with E-state index in [-0.39, 0.29) is 0 Å². The quantitative estimate of drug-likeness (QED) is 0.839. The van der Waals surface area contributed by atoms with E-state index >= 15 is 0 Å². The van der Waals surface area contributed by atoms with Gasteiger partial charge in [0.1, 0.15) is 18.0 Å². The predicted molar refractivity (Wildman–Crippen MR) is 61.1 cm³/mol. The average molecular weight is 217 g/mol. The number of nitrogens with two attached hydrogens (primary N) is 1. The topological polar surface area (TPSA) is 69.6 Å². The molecule has 0 aliphatic carbocycles. The normalized spacial score (nSPS) is 11.0. The summed E-state index contributed by atoms with van der Waals surface area (Å²) in [6, 6.07) is 1.96. The molecule has 0 aromatic carbocycles. The molecule has 0 atom stereocenters. The van der Waals surface area contributed by atoms with Crippen molar-refractivity contribution < 1.29 is 0 Å².